The fourth-order valence-corrected chi connectivity index (χ4v) is 1.41. The van der Waals surface area contributed by atoms with Crippen molar-refractivity contribution in [2.45, 2.75) is 32.5 Å². The highest BCUT2D eigenvalue weighted by Gasteiger charge is 2.16. The Hall–Kier alpha value is -1.40. The molecule has 0 aromatic heterocycles. The molecule has 0 spiro atoms. The van der Waals surface area contributed by atoms with Crippen molar-refractivity contribution >= 4 is 0 Å². The van der Waals surface area contributed by atoms with Gasteiger partial charge in [0, 0.05) is 12.1 Å². The van der Waals surface area contributed by atoms with Gasteiger partial charge in [-0.25, -0.2) is 0 Å². The van der Waals surface area contributed by atoms with Crippen LogP contribution in [0.1, 0.15) is 19.4 Å². The largest absolute Gasteiger partial charge is 0.493 e. The van der Waals surface area contributed by atoms with E-state index in [0.29, 0.717) is 6.54 Å². The van der Waals surface area contributed by atoms with Crippen molar-refractivity contribution in [2.24, 2.45) is 0 Å². The number of halogens is 2. The molecule has 19 heavy (non-hydrogen) atoms. The second-order valence-corrected chi connectivity index (χ2v) is 4.76. The highest BCUT2D eigenvalue weighted by atomic mass is 19.3. The molecule has 6 heteroatoms. The fraction of sp³-hybridized carbons (Fsp3) is 0.538. The number of aliphatic hydroxyl groups excluding tert-OH is 1. The molecule has 1 aromatic rings. The Balaban J connectivity index is 2.76. The summed E-state index contributed by atoms with van der Waals surface area (Å²) in [7, 11) is 1.39. The molecule has 0 aliphatic rings. The van der Waals surface area contributed by atoms with Crippen LogP contribution in [0.2, 0.25) is 0 Å². The van der Waals surface area contributed by atoms with Crippen molar-refractivity contribution in [3.05, 3.63) is 23.8 Å². The molecule has 0 unspecified atom stereocenters. The second-order valence-electron chi connectivity index (χ2n) is 4.76. The summed E-state index contributed by atoms with van der Waals surface area (Å²) in [6.07, 6.45) is 0. The molecule has 1 rings (SSSR count). The van der Waals surface area contributed by atoms with E-state index in [0.717, 1.165) is 5.56 Å². The van der Waals surface area contributed by atoms with E-state index in [2.05, 4.69) is 10.1 Å². The van der Waals surface area contributed by atoms with Crippen molar-refractivity contribution in [1.29, 1.82) is 0 Å². The van der Waals surface area contributed by atoms with E-state index in [-0.39, 0.29) is 18.1 Å². The standard InChI is InChI=1S/C13H19F2NO3/c1-13(2,8-17)16-7-9-4-5-10(19-12(14)15)11(6-9)18-3/h4-6,12,16-17H,7-8H2,1-3H3. The molecule has 4 nitrogen and oxygen atoms in total. The molecule has 0 bridgehead atoms. The Labute approximate surface area is 111 Å². The summed E-state index contributed by atoms with van der Waals surface area (Å²) in [5.41, 5.74) is 0.436. The molecule has 0 radical (unpaired) electrons. The monoisotopic (exact) mass is 275 g/mol. The van der Waals surface area contributed by atoms with Gasteiger partial charge in [-0.3, -0.25) is 0 Å². The Morgan fingerprint density at radius 1 is 1.32 bits per heavy atom. The number of nitrogens with one attached hydrogen (secondary N) is 1. The lowest BCUT2D eigenvalue weighted by Gasteiger charge is -2.23. The number of hydrogen-bond donors (Lipinski definition) is 2. The van der Waals surface area contributed by atoms with Crippen LogP contribution in [0, 0.1) is 0 Å². The van der Waals surface area contributed by atoms with Gasteiger partial charge in [-0.1, -0.05) is 6.07 Å². The molecule has 0 aliphatic carbocycles. The van der Waals surface area contributed by atoms with Gasteiger partial charge in [-0.15, -0.1) is 0 Å². The summed E-state index contributed by atoms with van der Waals surface area (Å²) in [5, 5.41) is 12.3. The number of ether oxygens (including phenoxy) is 2. The van der Waals surface area contributed by atoms with Crippen LogP contribution in [0.4, 0.5) is 8.78 Å². The Morgan fingerprint density at radius 3 is 2.53 bits per heavy atom. The van der Waals surface area contributed by atoms with Crippen LogP contribution in [0.3, 0.4) is 0 Å². The normalized spacial score (nSPS) is 11.7. The van der Waals surface area contributed by atoms with Crippen LogP contribution in [0.25, 0.3) is 0 Å². The molecule has 0 heterocycles. The maximum atomic E-state index is 12.2. The van der Waals surface area contributed by atoms with Gasteiger partial charge in [0.15, 0.2) is 11.5 Å². The highest BCUT2D eigenvalue weighted by Crippen LogP contribution is 2.29. The predicted octanol–water partition coefficient (Wildman–Crippen LogP) is 2.16. The molecular weight excluding hydrogens is 256 g/mol. The third kappa shape index (κ3) is 5.00. The van der Waals surface area contributed by atoms with Gasteiger partial charge >= 0.3 is 6.61 Å². The molecule has 0 saturated carbocycles. The van der Waals surface area contributed by atoms with Gasteiger partial charge in [0.1, 0.15) is 0 Å². The predicted molar refractivity (Wildman–Crippen MR) is 67.6 cm³/mol. The Morgan fingerprint density at radius 2 is 2.00 bits per heavy atom. The fourth-order valence-electron chi connectivity index (χ4n) is 1.41. The average Bonchev–Trinajstić information content (AvgIpc) is 2.37. The second kappa shape index (κ2) is 6.68. The van der Waals surface area contributed by atoms with Gasteiger partial charge in [-0.05, 0) is 31.5 Å². The van der Waals surface area contributed by atoms with Crippen molar-refractivity contribution < 1.29 is 23.4 Å². The SMILES string of the molecule is COc1cc(CNC(C)(C)CO)ccc1OC(F)F. The zero-order valence-corrected chi connectivity index (χ0v) is 11.2. The molecular formula is C13H19F2NO3. The van der Waals surface area contributed by atoms with E-state index in [1.54, 1.807) is 12.1 Å². The van der Waals surface area contributed by atoms with E-state index in [1.165, 1.54) is 13.2 Å². The third-order valence-corrected chi connectivity index (χ3v) is 2.61. The summed E-state index contributed by atoms with van der Waals surface area (Å²) in [6, 6.07) is 4.73. The van der Waals surface area contributed by atoms with E-state index < -0.39 is 12.2 Å². The number of alkyl halides is 2. The maximum Gasteiger partial charge on any atom is 0.387 e. The van der Waals surface area contributed by atoms with Gasteiger partial charge in [0.25, 0.3) is 0 Å². The molecule has 0 atom stereocenters. The third-order valence-electron chi connectivity index (χ3n) is 2.61. The van der Waals surface area contributed by atoms with Crippen LogP contribution in [0.15, 0.2) is 18.2 Å². The van der Waals surface area contributed by atoms with Crippen LogP contribution in [-0.4, -0.2) is 31.0 Å². The van der Waals surface area contributed by atoms with E-state index in [4.69, 9.17) is 9.84 Å². The summed E-state index contributed by atoms with van der Waals surface area (Å²) in [5.74, 6) is 0.254. The molecule has 0 fully saturated rings. The summed E-state index contributed by atoms with van der Waals surface area (Å²) < 4.78 is 33.7. The highest BCUT2D eigenvalue weighted by molar-refractivity contribution is 5.43. The van der Waals surface area contributed by atoms with Crippen molar-refractivity contribution in [3.63, 3.8) is 0 Å². The Bertz CT molecular complexity index is 411. The van der Waals surface area contributed by atoms with Gasteiger partial charge in [0.05, 0.1) is 13.7 Å². The number of rotatable bonds is 7. The van der Waals surface area contributed by atoms with Crippen molar-refractivity contribution in [1.82, 2.24) is 5.32 Å². The first-order chi connectivity index (χ1) is 8.88. The molecule has 0 aliphatic heterocycles. The number of methoxy groups -OCH3 is 1. The molecule has 2 N–H and O–H groups in total. The number of benzene rings is 1. The van der Waals surface area contributed by atoms with Crippen molar-refractivity contribution in [3.8, 4) is 11.5 Å². The maximum absolute atomic E-state index is 12.2. The number of hydrogen-bond acceptors (Lipinski definition) is 4. The lowest BCUT2D eigenvalue weighted by Crippen LogP contribution is -2.42. The summed E-state index contributed by atoms with van der Waals surface area (Å²) >= 11 is 0. The van der Waals surface area contributed by atoms with Crippen LogP contribution in [-0.2, 0) is 6.54 Å². The first kappa shape index (κ1) is 15.7. The minimum absolute atomic E-state index is 0.00247. The molecule has 1 aromatic carbocycles. The summed E-state index contributed by atoms with van der Waals surface area (Å²) in [6.45, 7) is 1.32. The van der Waals surface area contributed by atoms with E-state index in [1.807, 2.05) is 13.8 Å². The van der Waals surface area contributed by atoms with Crippen LogP contribution in [0.5, 0.6) is 11.5 Å². The van der Waals surface area contributed by atoms with Crippen LogP contribution < -0.4 is 14.8 Å². The van der Waals surface area contributed by atoms with E-state index >= 15 is 0 Å². The summed E-state index contributed by atoms with van der Waals surface area (Å²) in [4.78, 5) is 0. The minimum atomic E-state index is -2.88. The first-order valence-electron chi connectivity index (χ1n) is 5.85. The lowest BCUT2D eigenvalue weighted by molar-refractivity contribution is -0.0512. The minimum Gasteiger partial charge on any atom is -0.493 e. The van der Waals surface area contributed by atoms with Crippen LogP contribution >= 0.6 is 0 Å². The Kier molecular flexibility index (Phi) is 5.50. The zero-order valence-electron chi connectivity index (χ0n) is 11.2. The molecule has 0 saturated heterocycles. The smallest absolute Gasteiger partial charge is 0.387 e. The van der Waals surface area contributed by atoms with Gasteiger partial charge in [-0.2, -0.15) is 8.78 Å². The molecule has 0 amide bonds. The molecule has 108 valence electrons. The zero-order chi connectivity index (χ0) is 14.5. The van der Waals surface area contributed by atoms with Gasteiger partial charge in [0.2, 0.25) is 0 Å². The number of aliphatic hydroxyl groups is 1. The average molecular weight is 275 g/mol. The topological polar surface area (TPSA) is 50.7 Å². The first-order valence-corrected chi connectivity index (χ1v) is 5.85. The van der Waals surface area contributed by atoms with Gasteiger partial charge < -0.3 is 19.9 Å². The lowest BCUT2D eigenvalue weighted by atomic mass is 10.1. The van der Waals surface area contributed by atoms with Crippen molar-refractivity contribution in [2.75, 3.05) is 13.7 Å². The van der Waals surface area contributed by atoms with E-state index in [9.17, 15) is 8.78 Å². The quantitative estimate of drug-likeness (QED) is 0.800.